The minimum Gasteiger partial charge on any atom is -0.377 e. The molecule has 126 valence electrons. The Morgan fingerprint density at radius 3 is 1.95 bits per heavy atom. The van der Waals surface area contributed by atoms with Crippen molar-refractivity contribution in [2.45, 2.75) is 65.2 Å². The molecular formula is C17H29FO3Si. The summed E-state index contributed by atoms with van der Waals surface area (Å²) in [6, 6.07) is 7.50. The van der Waals surface area contributed by atoms with Crippen LogP contribution in [-0.4, -0.2) is 28.1 Å². The molecule has 0 saturated heterocycles. The highest BCUT2D eigenvalue weighted by Gasteiger charge is 2.41. The lowest BCUT2D eigenvalue weighted by atomic mass is 10.1. The quantitative estimate of drug-likeness (QED) is 0.465. The van der Waals surface area contributed by atoms with E-state index in [1.165, 1.54) is 12.1 Å². The lowest BCUT2D eigenvalue weighted by molar-refractivity contribution is 0.0323. The van der Waals surface area contributed by atoms with Gasteiger partial charge in [-0.15, -0.1) is 0 Å². The average Bonchev–Trinajstić information content (AvgIpc) is 2.44. The Labute approximate surface area is 135 Å². The molecule has 0 N–H and O–H groups in total. The van der Waals surface area contributed by atoms with Gasteiger partial charge in [0.1, 0.15) is 5.82 Å². The maximum atomic E-state index is 12.9. The van der Waals surface area contributed by atoms with Crippen molar-refractivity contribution in [3.8, 4) is 0 Å². The van der Waals surface area contributed by atoms with Crippen molar-refractivity contribution in [1.82, 2.24) is 0 Å². The van der Waals surface area contributed by atoms with Crippen LogP contribution >= 0.6 is 0 Å². The summed E-state index contributed by atoms with van der Waals surface area (Å²) in [6.45, 7) is 8.01. The van der Waals surface area contributed by atoms with Gasteiger partial charge in [-0.25, -0.2) is 4.39 Å². The van der Waals surface area contributed by atoms with E-state index in [2.05, 4.69) is 0 Å². The van der Waals surface area contributed by atoms with Crippen LogP contribution in [0.15, 0.2) is 24.3 Å². The monoisotopic (exact) mass is 328 g/mol. The van der Waals surface area contributed by atoms with Gasteiger partial charge in [0.2, 0.25) is 0 Å². The van der Waals surface area contributed by atoms with Crippen LogP contribution in [0.25, 0.3) is 0 Å². The van der Waals surface area contributed by atoms with Crippen LogP contribution in [0.4, 0.5) is 4.39 Å². The van der Waals surface area contributed by atoms with Gasteiger partial charge in [-0.3, -0.25) is 0 Å². The van der Waals surface area contributed by atoms with Gasteiger partial charge in [-0.1, -0.05) is 12.1 Å². The molecule has 0 aliphatic rings. The molecular weight excluding hydrogens is 299 g/mol. The predicted molar refractivity (Wildman–Crippen MR) is 89.4 cm³/mol. The van der Waals surface area contributed by atoms with E-state index in [9.17, 15) is 4.39 Å². The summed E-state index contributed by atoms with van der Waals surface area (Å²) in [5, 5.41) is 0. The first-order chi connectivity index (χ1) is 10.4. The third-order valence-corrected chi connectivity index (χ3v) is 6.50. The van der Waals surface area contributed by atoms with E-state index >= 15 is 0 Å². The number of aryl methyl sites for hydroxylation is 1. The molecule has 0 heterocycles. The van der Waals surface area contributed by atoms with E-state index in [1.807, 2.05) is 39.8 Å². The van der Waals surface area contributed by atoms with Gasteiger partial charge in [-0.2, -0.15) is 0 Å². The maximum Gasteiger partial charge on any atom is 0.501 e. The largest absolute Gasteiger partial charge is 0.501 e. The van der Waals surface area contributed by atoms with E-state index in [-0.39, 0.29) is 18.0 Å². The first kappa shape index (κ1) is 19.3. The molecule has 0 bridgehead atoms. The zero-order valence-electron chi connectivity index (χ0n) is 14.4. The molecule has 0 aromatic heterocycles. The topological polar surface area (TPSA) is 27.7 Å². The fourth-order valence-corrected chi connectivity index (χ4v) is 5.19. The van der Waals surface area contributed by atoms with Crippen molar-refractivity contribution in [3.63, 3.8) is 0 Å². The van der Waals surface area contributed by atoms with Gasteiger partial charge in [-0.05, 0) is 64.7 Å². The minimum atomic E-state index is -2.60. The molecule has 22 heavy (non-hydrogen) atoms. The lowest BCUT2D eigenvalue weighted by Gasteiger charge is -2.31. The summed E-state index contributed by atoms with van der Waals surface area (Å²) in [5.74, 6) is -0.190. The Morgan fingerprint density at radius 1 is 0.955 bits per heavy atom. The molecule has 1 aromatic carbocycles. The smallest absolute Gasteiger partial charge is 0.377 e. The van der Waals surface area contributed by atoms with Crippen molar-refractivity contribution < 1.29 is 17.7 Å². The fraction of sp³-hybridized carbons (Fsp3) is 0.647. The molecule has 0 amide bonds. The van der Waals surface area contributed by atoms with Crippen molar-refractivity contribution >= 4 is 8.80 Å². The highest BCUT2D eigenvalue weighted by molar-refractivity contribution is 6.60. The zero-order valence-corrected chi connectivity index (χ0v) is 15.4. The molecule has 3 nitrogen and oxygen atoms in total. The second-order valence-electron chi connectivity index (χ2n) is 6.05. The number of hydrogen-bond acceptors (Lipinski definition) is 3. The Bertz CT molecular complexity index is 410. The van der Waals surface area contributed by atoms with Crippen molar-refractivity contribution in [2.24, 2.45) is 0 Å². The van der Waals surface area contributed by atoms with Crippen LogP contribution in [0.1, 0.15) is 46.1 Å². The highest BCUT2D eigenvalue weighted by Crippen LogP contribution is 2.22. The molecule has 0 aliphatic heterocycles. The molecule has 1 aromatic rings. The Balaban J connectivity index is 2.49. The standard InChI is InChI=1S/C17H29FO3Si/c1-14(2)20-22(19-5,21-15(3)4)13-7-6-8-16-9-11-17(18)12-10-16/h9-12,14-15H,6-8,13H2,1-5H3. The summed E-state index contributed by atoms with van der Waals surface area (Å²) in [5.41, 5.74) is 1.15. The third-order valence-electron chi connectivity index (χ3n) is 3.25. The minimum absolute atomic E-state index is 0.0856. The van der Waals surface area contributed by atoms with Crippen molar-refractivity contribution in [2.75, 3.05) is 7.11 Å². The van der Waals surface area contributed by atoms with Crippen molar-refractivity contribution in [3.05, 3.63) is 35.6 Å². The van der Waals surface area contributed by atoms with Crippen LogP contribution < -0.4 is 0 Å². The summed E-state index contributed by atoms with van der Waals surface area (Å²) >= 11 is 0. The number of halogens is 1. The number of unbranched alkanes of at least 4 members (excludes halogenated alkanes) is 1. The summed E-state index contributed by atoms with van der Waals surface area (Å²) in [4.78, 5) is 0. The predicted octanol–water partition coefficient (Wildman–Crippen LogP) is 4.58. The first-order valence-corrected chi connectivity index (χ1v) is 9.95. The molecule has 0 saturated carbocycles. The molecule has 0 aliphatic carbocycles. The summed E-state index contributed by atoms with van der Waals surface area (Å²) in [6.07, 6.45) is 3.08. The highest BCUT2D eigenvalue weighted by atomic mass is 28.4. The van der Waals surface area contributed by atoms with E-state index < -0.39 is 8.80 Å². The first-order valence-electron chi connectivity index (χ1n) is 8.02. The number of hydrogen-bond donors (Lipinski definition) is 0. The van der Waals surface area contributed by atoms with Crippen LogP contribution in [0.3, 0.4) is 0 Å². The molecule has 0 unspecified atom stereocenters. The van der Waals surface area contributed by atoms with Gasteiger partial charge >= 0.3 is 8.80 Å². The van der Waals surface area contributed by atoms with Crippen molar-refractivity contribution in [1.29, 1.82) is 0 Å². The summed E-state index contributed by atoms with van der Waals surface area (Å²) < 4.78 is 30.6. The number of rotatable bonds is 10. The van der Waals surface area contributed by atoms with Crippen LogP contribution in [0.2, 0.25) is 6.04 Å². The molecule has 0 fully saturated rings. The molecule has 0 radical (unpaired) electrons. The van der Waals surface area contributed by atoms with E-state index in [1.54, 1.807) is 7.11 Å². The van der Waals surface area contributed by atoms with Gasteiger partial charge in [0, 0.05) is 25.4 Å². The molecule has 5 heteroatoms. The van der Waals surface area contributed by atoms with E-state index in [0.29, 0.717) is 0 Å². The second-order valence-corrected chi connectivity index (χ2v) is 8.80. The third kappa shape index (κ3) is 7.00. The van der Waals surface area contributed by atoms with E-state index in [4.69, 9.17) is 13.3 Å². The van der Waals surface area contributed by atoms with Crippen LogP contribution in [0.5, 0.6) is 0 Å². The molecule has 1 rings (SSSR count). The molecule has 0 atom stereocenters. The molecule has 0 spiro atoms. The summed E-state index contributed by atoms with van der Waals surface area (Å²) in [7, 11) is -0.925. The van der Waals surface area contributed by atoms with Gasteiger partial charge in [0.25, 0.3) is 0 Å². The Kier molecular flexibility index (Phi) is 8.24. The Morgan fingerprint density at radius 2 is 1.50 bits per heavy atom. The fourth-order valence-electron chi connectivity index (χ4n) is 2.38. The SMILES string of the molecule is CO[Si](CCCCc1ccc(F)cc1)(OC(C)C)OC(C)C. The van der Waals surface area contributed by atoms with Gasteiger partial charge in [0.05, 0.1) is 0 Å². The maximum absolute atomic E-state index is 12.9. The van der Waals surface area contributed by atoms with Gasteiger partial charge < -0.3 is 13.3 Å². The normalized spacial score (nSPS) is 12.4. The Hall–Kier alpha value is -0.753. The van der Waals surface area contributed by atoms with Crippen LogP contribution in [-0.2, 0) is 19.7 Å². The van der Waals surface area contributed by atoms with Crippen LogP contribution in [0, 0.1) is 5.82 Å². The lowest BCUT2D eigenvalue weighted by Crippen LogP contribution is -2.48. The zero-order chi connectivity index (χ0) is 16.6. The average molecular weight is 329 g/mol. The van der Waals surface area contributed by atoms with E-state index in [0.717, 1.165) is 30.9 Å². The second kappa shape index (κ2) is 9.40. The number of benzene rings is 1. The van der Waals surface area contributed by atoms with Gasteiger partial charge in [0.15, 0.2) is 0 Å².